The number of halogens is 1. The number of aromatic nitrogens is 1. The zero-order chi connectivity index (χ0) is 14.0. The molecule has 104 valence electrons. The Labute approximate surface area is 117 Å². The van der Waals surface area contributed by atoms with Crippen LogP contribution in [0.2, 0.25) is 0 Å². The summed E-state index contributed by atoms with van der Waals surface area (Å²) in [6, 6.07) is 0. The highest BCUT2D eigenvalue weighted by Crippen LogP contribution is 2.12. The van der Waals surface area contributed by atoms with Crippen molar-refractivity contribution in [3.05, 3.63) is 22.3 Å². The summed E-state index contributed by atoms with van der Waals surface area (Å²) in [5, 5.41) is 4.95. The summed E-state index contributed by atoms with van der Waals surface area (Å²) in [5.41, 5.74) is 1.20. The third-order valence-corrected chi connectivity index (χ3v) is 3.73. The van der Waals surface area contributed by atoms with Crippen LogP contribution >= 0.6 is 11.6 Å². The molecule has 2 unspecified atom stereocenters. The van der Waals surface area contributed by atoms with E-state index in [1.165, 1.54) is 12.5 Å². The van der Waals surface area contributed by atoms with Crippen molar-refractivity contribution in [2.45, 2.75) is 24.8 Å². The molecule has 1 aromatic rings. The van der Waals surface area contributed by atoms with E-state index in [4.69, 9.17) is 16.3 Å². The van der Waals surface area contributed by atoms with E-state index in [0.29, 0.717) is 6.54 Å². The summed E-state index contributed by atoms with van der Waals surface area (Å²) in [5.74, 6) is -0.00377. The lowest BCUT2D eigenvalue weighted by atomic mass is 10.1. The van der Waals surface area contributed by atoms with Crippen LogP contribution < -0.4 is 15.9 Å². The van der Waals surface area contributed by atoms with Gasteiger partial charge in [0.15, 0.2) is 0 Å². The third kappa shape index (κ3) is 3.01. The number of carbonyl (C=O) groups excluding carboxylic acids is 1. The predicted molar refractivity (Wildman–Crippen MR) is 76.4 cm³/mol. The molecular weight excluding hydrogens is 264 g/mol. The van der Waals surface area contributed by atoms with E-state index < -0.39 is 0 Å². The minimum atomic E-state index is -0.144. The number of carbonyl (C=O) groups is 1. The largest absolute Gasteiger partial charge is 0.375 e. The van der Waals surface area contributed by atoms with Gasteiger partial charge < -0.3 is 14.6 Å². The van der Waals surface area contributed by atoms with Crippen LogP contribution in [0.1, 0.15) is 12.5 Å². The van der Waals surface area contributed by atoms with Gasteiger partial charge in [-0.25, -0.2) is 0 Å². The number of alkyl halides is 1. The first kappa shape index (κ1) is 14.2. The van der Waals surface area contributed by atoms with Crippen LogP contribution in [-0.4, -0.2) is 35.6 Å². The Hall–Kier alpha value is -1.26. The number of fused-ring (bicyclic) bond motifs is 1. The number of hydrogen-bond acceptors (Lipinski definition) is 2. The Balaban J connectivity index is 2.31. The lowest BCUT2D eigenvalue weighted by Gasteiger charge is -2.17. The molecule has 0 aromatic carbocycles. The molecular formula is C14H19ClN2O2. The minimum Gasteiger partial charge on any atom is -0.375 e. The molecule has 0 saturated carbocycles. The Morgan fingerprint density at radius 3 is 2.89 bits per heavy atom. The number of amides is 1. The molecule has 1 aliphatic rings. The molecule has 2 rings (SSSR count). The van der Waals surface area contributed by atoms with Crippen molar-refractivity contribution >= 4 is 29.7 Å². The standard InChI is InChI=1S/C14H19ClN2O2/c1-9(18)16-5-4-10-8-17(2)13-7-12(15)14(19-3)6-11(10)13/h6-8,12,14H,4-5H2,1-3H3,(H,16,18). The van der Waals surface area contributed by atoms with Crippen LogP contribution in [0.25, 0.3) is 12.2 Å². The zero-order valence-electron chi connectivity index (χ0n) is 11.4. The van der Waals surface area contributed by atoms with E-state index in [1.807, 2.05) is 13.1 Å². The van der Waals surface area contributed by atoms with Crippen molar-refractivity contribution in [2.24, 2.45) is 7.05 Å². The van der Waals surface area contributed by atoms with Gasteiger partial charge in [0.1, 0.15) is 0 Å². The normalized spacial score (nSPS) is 21.3. The van der Waals surface area contributed by atoms with Gasteiger partial charge in [-0.2, -0.15) is 0 Å². The highest BCUT2D eigenvalue weighted by atomic mass is 35.5. The van der Waals surface area contributed by atoms with Gasteiger partial charge in [-0.1, -0.05) is 0 Å². The topological polar surface area (TPSA) is 43.3 Å². The molecule has 0 radical (unpaired) electrons. The highest BCUT2D eigenvalue weighted by Gasteiger charge is 2.19. The summed E-state index contributed by atoms with van der Waals surface area (Å²) in [4.78, 5) is 10.9. The Kier molecular flexibility index (Phi) is 4.32. The second-order valence-corrected chi connectivity index (χ2v) is 5.28. The van der Waals surface area contributed by atoms with Gasteiger partial charge in [0.2, 0.25) is 5.91 Å². The lowest BCUT2D eigenvalue weighted by Crippen LogP contribution is -2.39. The average Bonchev–Trinajstić information content (AvgIpc) is 2.64. The van der Waals surface area contributed by atoms with Gasteiger partial charge in [-0.15, -0.1) is 11.6 Å². The first-order valence-electron chi connectivity index (χ1n) is 6.32. The van der Waals surface area contributed by atoms with Gasteiger partial charge in [-0.3, -0.25) is 4.79 Å². The second kappa shape index (κ2) is 5.80. The van der Waals surface area contributed by atoms with E-state index in [1.54, 1.807) is 7.11 Å². The maximum Gasteiger partial charge on any atom is 0.216 e. The van der Waals surface area contributed by atoms with Crippen molar-refractivity contribution in [3.63, 3.8) is 0 Å². The lowest BCUT2D eigenvalue weighted by molar-refractivity contribution is -0.118. The average molecular weight is 283 g/mol. The molecule has 2 atom stereocenters. The van der Waals surface area contributed by atoms with Crippen LogP contribution in [-0.2, 0) is 23.0 Å². The van der Waals surface area contributed by atoms with Crippen molar-refractivity contribution in [1.82, 2.24) is 9.88 Å². The first-order valence-corrected chi connectivity index (χ1v) is 6.75. The van der Waals surface area contributed by atoms with E-state index in [0.717, 1.165) is 17.0 Å². The summed E-state index contributed by atoms with van der Waals surface area (Å²) in [6.45, 7) is 2.17. The van der Waals surface area contributed by atoms with Crippen molar-refractivity contribution in [1.29, 1.82) is 0 Å². The molecule has 1 heterocycles. The summed E-state index contributed by atoms with van der Waals surface area (Å²) < 4.78 is 7.44. The molecule has 1 aromatic heterocycles. The molecule has 0 fully saturated rings. The number of methoxy groups -OCH3 is 1. The van der Waals surface area contributed by atoms with E-state index in [-0.39, 0.29) is 17.4 Å². The molecule has 5 heteroatoms. The first-order chi connectivity index (χ1) is 9.02. The van der Waals surface area contributed by atoms with Crippen molar-refractivity contribution in [3.8, 4) is 0 Å². The van der Waals surface area contributed by atoms with Crippen LogP contribution in [0.3, 0.4) is 0 Å². The van der Waals surface area contributed by atoms with Crippen LogP contribution in [0.15, 0.2) is 6.20 Å². The number of nitrogens with zero attached hydrogens (tertiary/aromatic N) is 1. The zero-order valence-corrected chi connectivity index (χ0v) is 12.2. The fourth-order valence-corrected chi connectivity index (χ4v) is 2.69. The minimum absolute atomic E-state index is 0.00377. The maximum atomic E-state index is 10.9. The monoisotopic (exact) mass is 282 g/mol. The van der Waals surface area contributed by atoms with Crippen LogP contribution in [0.4, 0.5) is 0 Å². The Bertz CT molecular complexity index is 591. The molecule has 0 bridgehead atoms. The third-order valence-electron chi connectivity index (χ3n) is 3.35. The van der Waals surface area contributed by atoms with Gasteiger partial charge >= 0.3 is 0 Å². The van der Waals surface area contributed by atoms with Crippen molar-refractivity contribution in [2.75, 3.05) is 13.7 Å². The predicted octanol–water partition coefficient (Wildman–Crippen LogP) is -0.0993. The van der Waals surface area contributed by atoms with Gasteiger partial charge in [-0.05, 0) is 24.1 Å². The van der Waals surface area contributed by atoms with E-state index in [9.17, 15) is 4.79 Å². The van der Waals surface area contributed by atoms with Gasteiger partial charge in [0.25, 0.3) is 0 Å². The van der Waals surface area contributed by atoms with Gasteiger partial charge in [0, 0.05) is 44.4 Å². The van der Waals surface area contributed by atoms with E-state index >= 15 is 0 Å². The number of ether oxygens (including phenoxy) is 1. The van der Waals surface area contributed by atoms with Crippen LogP contribution in [0.5, 0.6) is 0 Å². The fraction of sp³-hybridized carbons (Fsp3) is 0.500. The highest BCUT2D eigenvalue weighted by molar-refractivity contribution is 6.24. The van der Waals surface area contributed by atoms with Crippen molar-refractivity contribution < 1.29 is 9.53 Å². The van der Waals surface area contributed by atoms with Gasteiger partial charge in [0.05, 0.1) is 11.5 Å². The molecule has 0 aliphatic heterocycles. The molecule has 1 N–H and O–H groups in total. The SMILES string of the molecule is COC1C=c2c(CCNC(C)=O)cn(C)c2=CC1Cl. The number of aryl methyl sites for hydroxylation is 1. The van der Waals surface area contributed by atoms with E-state index in [2.05, 4.69) is 22.2 Å². The molecule has 0 spiro atoms. The summed E-state index contributed by atoms with van der Waals surface area (Å²) in [6.07, 6.45) is 6.87. The summed E-state index contributed by atoms with van der Waals surface area (Å²) in [7, 11) is 3.66. The quantitative estimate of drug-likeness (QED) is 0.784. The molecule has 1 amide bonds. The Morgan fingerprint density at radius 1 is 1.53 bits per heavy atom. The van der Waals surface area contributed by atoms with Crippen LogP contribution in [0, 0.1) is 0 Å². The fourth-order valence-electron chi connectivity index (χ4n) is 2.40. The smallest absolute Gasteiger partial charge is 0.216 e. The molecule has 1 aliphatic carbocycles. The number of hydrogen-bond donors (Lipinski definition) is 1. The summed E-state index contributed by atoms with van der Waals surface area (Å²) >= 11 is 6.26. The second-order valence-electron chi connectivity index (χ2n) is 4.78. The number of nitrogens with one attached hydrogen (secondary N) is 1. The molecule has 0 saturated heterocycles. The number of rotatable bonds is 4. The molecule has 19 heavy (non-hydrogen) atoms. The maximum absolute atomic E-state index is 10.9. The Morgan fingerprint density at radius 2 is 2.26 bits per heavy atom. The molecule has 4 nitrogen and oxygen atoms in total.